The van der Waals surface area contributed by atoms with E-state index in [1.54, 1.807) is 6.08 Å². The Morgan fingerprint density at radius 3 is 0.942 bits per heavy atom. The normalized spacial score (nSPS) is 26.1. The number of allylic oxidation sites excluding steroid dienone is 3. The third-order valence-electron chi connectivity index (χ3n) is 21.7. The molecule has 3 aliphatic heterocycles. The molecule has 0 aromatic rings. The number of ether oxygens (including phenoxy) is 6. The van der Waals surface area contributed by atoms with E-state index in [1.807, 2.05) is 6.08 Å². The van der Waals surface area contributed by atoms with Gasteiger partial charge >= 0.3 is 0 Å². The first-order valence-corrected chi connectivity index (χ1v) is 43.1. The average Bonchev–Trinajstić information content (AvgIpc) is 0.781. The van der Waals surface area contributed by atoms with Crippen molar-refractivity contribution in [3.8, 4) is 0 Å². The van der Waals surface area contributed by atoms with E-state index < -0.39 is 124 Å². The Bertz CT molecular complexity index is 1950. The van der Waals surface area contributed by atoms with E-state index in [2.05, 4.69) is 31.3 Å². The molecule has 12 N–H and O–H groups in total. The standard InChI is InChI=1S/C84H159NO18/c1-3-5-7-9-11-13-15-17-19-21-23-25-27-29-31-33-35-37-39-41-43-45-47-49-51-53-55-57-59-61-68(89)67(85-72(90)62-60-58-56-54-52-50-48-46-44-42-40-38-36-34-32-30-28-26-24-22-20-18-16-14-12-10-8-6-4-2)66-98-82-78(96)75(93)80(70(64-87)100-82)103-84-79(97)76(94)81(71(65-88)101-84)102-83-77(95)74(92)73(91)69(63-86)99-83/h22,24,59,61,67-71,73-84,86-89,91-97H,3-21,23,25-58,60,62-66H2,1-2H3,(H,85,90)/b24-22-,61-59+. The molecule has 0 spiro atoms. The lowest BCUT2D eigenvalue weighted by Crippen LogP contribution is -2.66. The van der Waals surface area contributed by atoms with Crippen molar-refractivity contribution in [1.29, 1.82) is 0 Å². The van der Waals surface area contributed by atoms with Crippen molar-refractivity contribution >= 4 is 5.91 Å². The van der Waals surface area contributed by atoms with E-state index in [9.17, 15) is 61.0 Å². The van der Waals surface area contributed by atoms with Crippen LogP contribution in [-0.2, 0) is 33.2 Å². The predicted molar refractivity (Wildman–Crippen MR) is 411 cm³/mol. The summed E-state index contributed by atoms with van der Waals surface area (Å²) in [5, 5.41) is 121. The molecular weight excluding hydrogens is 1310 g/mol. The van der Waals surface area contributed by atoms with Crippen molar-refractivity contribution in [1.82, 2.24) is 5.32 Å². The molecule has 17 atom stereocenters. The number of hydrogen-bond acceptors (Lipinski definition) is 18. The van der Waals surface area contributed by atoms with E-state index in [0.717, 1.165) is 44.9 Å². The van der Waals surface area contributed by atoms with Gasteiger partial charge in [-0.1, -0.05) is 346 Å². The van der Waals surface area contributed by atoms with E-state index in [4.69, 9.17) is 28.4 Å². The van der Waals surface area contributed by atoms with Gasteiger partial charge in [0.15, 0.2) is 18.9 Å². The number of rotatable bonds is 70. The number of nitrogens with one attached hydrogen (secondary N) is 1. The highest BCUT2D eigenvalue weighted by Crippen LogP contribution is 2.33. The molecule has 19 nitrogen and oxygen atoms in total. The maximum absolute atomic E-state index is 13.5. The van der Waals surface area contributed by atoms with Crippen LogP contribution in [0.2, 0.25) is 0 Å². The van der Waals surface area contributed by atoms with Gasteiger partial charge in [-0.05, 0) is 44.9 Å². The Morgan fingerprint density at radius 1 is 0.340 bits per heavy atom. The second-order valence-corrected chi connectivity index (χ2v) is 31.0. The summed E-state index contributed by atoms with van der Waals surface area (Å²) in [6.45, 7) is 1.80. The second-order valence-electron chi connectivity index (χ2n) is 31.0. The largest absolute Gasteiger partial charge is 0.394 e. The molecule has 19 heteroatoms. The zero-order valence-electron chi connectivity index (χ0n) is 65.3. The fraction of sp³-hybridized carbons (Fsp3) is 0.940. The molecule has 103 heavy (non-hydrogen) atoms. The van der Waals surface area contributed by atoms with Crippen molar-refractivity contribution in [2.45, 2.75) is 478 Å². The third-order valence-corrected chi connectivity index (χ3v) is 21.7. The molecule has 17 unspecified atom stereocenters. The molecular formula is C84H159NO18. The lowest BCUT2D eigenvalue weighted by molar-refractivity contribution is -0.379. The second kappa shape index (κ2) is 65.0. The summed E-state index contributed by atoms with van der Waals surface area (Å²) in [4.78, 5) is 13.5. The van der Waals surface area contributed by atoms with Gasteiger partial charge in [0.2, 0.25) is 5.91 Å². The van der Waals surface area contributed by atoms with E-state index in [1.165, 1.54) is 302 Å². The number of hydrogen-bond donors (Lipinski definition) is 12. The van der Waals surface area contributed by atoms with Gasteiger partial charge in [0.1, 0.15) is 73.2 Å². The van der Waals surface area contributed by atoms with Gasteiger partial charge < -0.3 is 89.9 Å². The predicted octanol–water partition coefficient (Wildman–Crippen LogP) is 15.3. The Labute approximate surface area is 626 Å². The molecule has 3 saturated heterocycles. The zero-order valence-corrected chi connectivity index (χ0v) is 65.3. The summed E-state index contributed by atoms with van der Waals surface area (Å²) in [5.74, 6) is -0.267. The van der Waals surface area contributed by atoms with Gasteiger partial charge in [0.05, 0.1) is 38.6 Å². The lowest BCUT2D eigenvalue weighted by atomic mass is 9.96. The van der Waals surface area contributed by atoms with Gasteiger partial charge in [-0.25, -0.2) is 0 Å². The summed E-state index contributed by atoms with van der Waals surface area (Å²) >= 11 is 0. The van der Waals surface area contributed by atoms with Gasteiger partial charge in [0, 0.05) is 6.42 Å². The van der Waals surface area contributed by atoms with Gasteiger partial charge in [0.25, 0.3) is 0 Å². The molecule has 3 fully saturated rings. The number of carbonyl (C=O) groups excluding carboxylic acids is 1. The Morgan fingerprint density at radius 2 is 0.612 bits per heavy atom. The fourth-order valence-corrected chi connectivity index (χ4v) is 14.8. The monoisotopic (exact) mass is 1470 g/mol. The van der Waals surface area contributed by atoms with Crippen LogP contribution in [0.25, 0.3) is 0 Å². The van der Waals surface area contributed by atoms with Crippen LogP contribution >= 0.6 is 0 Å². The summed E-state index contributed by atoms with van der Waals surface area (Å²) < 4.78 is 34.5. The molecule has 0 radical (unpaired) electrons. The molecule has 0 aliphatic carbocycles. The van der Waals surface area contributed by atoms with Crippen molar-refractivity contribution in [3.05, 3.63) is 24.3 Å². The van der Waals surface area contributed by atoms with Crippen molar-refractivity contribution in [3.63, 3.8) is 0 Å². The van der Waals surface area contributed by atoms with Crippen LogP contribution in [0.1, 0.15) is 373 Å². The highest BCUT2D eigenvalue weighted by Gasteiger charge is 2.54. The van der Waals surface area contributed by atoms with Crippen LogP contribution in [0.15, 0.2) is 24.3 Å². The first-order chi connectivity index (χ1) is 50.3. The summed E-state index contributed by atoms with van der Waals surface area (Å²) in [5.41, 5.74) is 0. The lowest BCUT2D eigenvalue weighted by Gasteiger charge is -2.48. The molecule has 3 rings (SSSR count). The quantitative estimate of drug-likeness (QED) is 0.0199. The molecule has 608 valence electrons. The summed E-state index contributed by atoms with van der Waals surface area (Å²) in [6.07, 6.45) is 53.2. The SMILES string of the molecule is CCCCCCCCCC/C=C\CCCCCCCCCCCCCCCCCCCC(=O)NC(COC1OC(CO)C(OC2OC(CO)C(OC3OC(CO)C(O)C(O)C3O)C(O)C2O)C(O)C1O)C(O)/C=C/CCCCCCCCCCCCCCCCCCCCCCCCCCCCC. The molecule has 0 bridgehead atoms. The highest BCUT2D eigenvalue weighted by atomic mass is 16.8. The number of carbonyl (C=O) groups is 1. The van der Waals surface area contributed by atoms with E-state index in [-0.39, 0.29) is 18.9 Å². The molecule has 3 aliphatic rings. The first-order valence-electron chi connectivity index (χ1n) is 43.1. The first kappa shape index (κ1) is 95.5. The maximum Gasteiger partial charge on any atom is 0.220 e. The van der Waals surface area contributed by atoms with Crippen LogP contribution in [0.4, 0.5) is 0 Å². The van der Waals surface area contributed by atoms with Crippen LogP contribution in [0.5, 0.6) is 0 Å². The Balaban J connectivity index is 1.35. The van der Waals surface area contributed by atoms with Crippen molar-refractivity contribution < 1.29 is 89.4 Å². The van der Waals surface area contributed by atoms with Gasteiger partial charge in [-0.3, -0.25) is 4.79 Å². The summed E-state index contributed by atoms with van der Waals surface area (Å²) in [6, 6.07) is -0.973. The van der Waals surface area contributed by atoms with Crippen LogP contribution in [0, 0.1) is 0 Å². The minimum atomic E-state index is -1.98. The minimum Gasteiger partial charge on any atom is -0.394 e. The highest BCUT2D eigenvalue weighted by molar-refractivity contribution is 5.76. The van der Waals surface area contributed by atoms with Crippen LogP contribution in [0.3, 0.4) is 0 Å². The minimum absolute atomic E-state index is 0.248. The smallest absolute Gasteiger partial charge is 0.220 e. The van der Waals surface area contributed by atoms with Gasteiger partial charge in [-0.2, -0.15) is 0 Å². The van der Waals surface area contributed by atoms with Crippen molar-refractivity contribution in [2.24, 2.45) is 0 Å². The molecule has 0 aromatic carbocycles. The van der Waals surface area contributed by atoms with Crippen LogP contribution < -0.4 is 5.32 Å². The van der Waals surface area contributed by atoms with Crippen molar-refractivity contribution in [2.75, 3.05) is 26.4 Å². The molecule has 3 heterocycles. The Kier molecular flexibility index (Phi) is 60.3. The number of aliphatic hydroxyl groups is 11. The van der Waals surface area contributed by atoms with E-state index in [0.29, 0.717) is 6.42 Å². The summed E-state index contributed by atoms with van der Waals surface area (Å²) in [7, 11) is 0. The average molecular weight is 1470 g/mol. The zero-order chi connectivity index (χ0) is 74.6. The van der Waals surface area contributed by atoms with E-state index >= 15 is 0 Å². The maximum atomic E-state index is 13.5. The van der Waals surface area contributed by atoms with Gasteiger partial charge in [-0.15, -0.1) is 0 Å². The molecule has 0 aromatic heterocycles. The topological polar surface area (TPSA) is 307 Å². The number of aliphatic hydroxyl groups excluding tert-OH is 11. The Hall–Kier alpha value is -1.73. The third kappa shape index (κ3) is 44.6. The number of unbranched alkanes of at least 4 members (excludes halogenated alkanes) is 52. The molecule has 0 saturated carbocycles. The fourth-order valence-electron chi connectivity index (χ4n) is 14.8. The molecule has 1 amide bonds. The van der Waals surface area contributed by atoms with Crippen LogP contribution in [-0.4, -0.2) is 193 Å². The number of amides is 1.